The highest BCUT2D eigenvalue weighted by molar-refractivity contribution is 8.00. The first-order chi connectivity index (χ1) is 15.5. The van der Waals surface area contributed by atoms with Gasteiger partial charge in [-0.2, -0.15) is 0 Å². The number of ketones is 1. The van der Waals surface area contributed by atoms with Gasteiger partial charge in [-0.3, -0.25) is 9.69 Å². The van der Waals surface area contributed by atoms with Crippen LogP contribution in [0, 0.1) is 12.7 Å². The summed E-state index contributed by atoms with van der Waals surface area (Å²) in [7, 11) is 0. The summed E-state index contributed by atoms with van der Waals surface area (Å²) in [6.45, 7) is 8.63. The smallest absolute Gasteiger partial charge is 0.192 e. The van der Waals surface area contributed by atoms with Gasteiger partial charge in [0.25, 0.3) is 0 Å². The SMILES string of the molecule is Cc1ccc(C(=O)C(C)Sc2nnc(-c3ccc(F)cc3)n2CCN2CCOCC2)cc1. The fraction of sp³-hybridized carbons (Fsp3) is 0.375. The van der Waals surface area contributed by atoms with Crippen molar-refractivity contribution < 1.29 is 13.9 Å². The molecular weight excluding hydrogens is 427 g/mol. The van der Waals surface area contributed by atoms with Crippen molar-refractivity contribution in [2.45, 2.75) is 30.8 Å². The number of aryl methyl sites for hydroxylation is 1. The Morgan fingerprint density at radius 2 is 1.75 bits per heavy atom. The van der Waals surface area contributed by atoms with Crippen LogP contribution in [0.4, 0.5) is 4.39 Å². The van der Waals surface area contributed by atoms with Crippen LogP contribution in [0.1, 0.15) is 22.8 Å². The third-order valence-corrected chi connectivity index (χ3v) is 6.63. The lowest BCUT2D eigenvalue weighted by Crippen LogP contribution is -2.38. The molecule has 8 heteroatoms. The van der Waals surface area contributed by atoms with Crippen LogP contribution in [0.2, 0.25) is 0 Å². The van der Waals surface area contributed by atoms with Gasteiger partial charge in [0, 0.05) is 37.3 Å². The summed E-state index contributed by atoms with van der Waals surface area (Å²) in [5.41, 5.74) is 2.60. The monoisotopic (exact) mass is 454 g/mol. The number of Topliss-reactive ketones (excluding diaryl/α,β-unsaturated/α-hetero) is 1. The van der Waals surface area contributed by atoms with E-state index in [4.69, 9.17) is 4.74 Å². The minimum Gasteiger partial charge on any atom is -0.379 e. The third-order valence-electron chi connectivity index (χ3n) is 5.55. The largest absolute Gasteiger partial charge is 0.379 e. The standard InChI is InChI=1S/C24H27FN4O2S/c1-17-3-5-19(6-4-17)22(30)18(2)32-24-27-26-23(20-7-9-21(25)10-8-20)29(24)12-11-28-13-15-31-16-14-28/h3-10,18H,11-16H2,1-2H3. The summed E-state index contributed by atoms with van der Waals surface area (Å²) in [5.74, 6) is 0.442. The van der Waals surface area contributed by atoms with Gasteiger partial charge in [-0.25, -0.2) is 4.39 Å². The van der Waals surface area contributed by atoms with E-state index in [1.54, 1.807) is 12.1 Å². The first-order valence-electron chi connectivity index (χ1n) is 10.8. The lowest BCUT2D eigenvalue weighted by molar-refractivity contribution is 0.0361. The van der Waals surface area contributed by atoms with Gasteiger partial charge >= 0.3 is 0 Å². The van der Waals surface area contributed by atoms with Crippen LogP contribution >= 0.6 is 11.8 Å². The van der Waals surface area contributed by atoms with Crippen LogP contribution in [0.5, 0.6) is 0 Å². The van der Waals surface area contributed by atoms with Crippen LogP contribution < -0.4 is 0 Å². The lowest BCUT2D eigenvalue weighted by Gasteiger charge is -2.27. The number of ether oxygens (including phenoxy) is 1. The fourth-order valence-electron chi connectivity index (χ4n) is 3.62. The first kappa shape index (κ1) is 22.6. The average Bonchev–Trinajstić information content (AvgIpc) is 3.21. The van der Waals surface area contributed by atoms with Crippen molar-refractivity contribution in [1.29, 1.82) is 0 Å². The van der Waals surface area contributed by atoms with E-state index in [-0.39, 0.29) is 16.9 Å². The molecule has 1 unspecified atom stereocenters. The van der Waals surface area contributed by atoms with E-state index in [0.717, 1.165) is 44.0 Å². The summed E-state index contributed by atoms with van der Waals surface area (Å²) in [4.78, 5) is 15.3. The van der Waals surface area contributed by atoms with Crippen LogP contribution in [-0.4, -0.2) is 63.5 Å². The average molecular weight is 455 g/mol. The Hall–Kier alpha value is -2.55. The summed E-state index contributed by atoms with van der Waals surface area (Å²) >= 11 is 1.41. The zero-order chi connectivity index (χ0) is 22.5. The van der Waals surface area contributed by atoms with E-state index in [9.17, 15) is 9.18 Å². The number of carbonyl (C=O) groups excluding carboxylic acids is 1. The molecule has 0 spiro atoms. The molecule has 6 nitrogen and oxygen atoms in total. The van der Waals surface area contributed by atoms with Crippen LogP contribution in [-0.2, 0) is 11.3 Å². The molecule has 0 N–H and O–H groups in total. The van der Waals surface area contributed by atoms with Gasteiger partial charge in [-0.05, 0) is 38.1 Å². The zero-order valence-corrected chi connectivity index (χ0v) is 19.1. The van der Waals surface area contributed by atoms with Crippen LogP contribution in [0.15, 0.2) is 53.7 Å². The number of morpholine rings is 1. The van der Waals surface area contributed by atoms with Crippen molar-refractivity contribution in [3.63, 3.8) is 0 Å². The van der Waals surface area contributed by atoms with E-state index in [2.05, 4.69) is 15.1 Å². The predicted molar refractivity (Wildman–Crippen MR) is 124 cm³/mol. The molecule has 32 heavy (non-hydrogen) atoms. The lowest BCUT2D eigenvalue weighted by atomic mass is 10.1. The number of aromatic nitrogens is 3. The van der Waals surface area contributed by atoms with Gasteiger partial charge in [0.05, 0.1) is 18.5 Å². The summed E-state index contributed by atoms with van der Waals surface area (Å²) < 4.78 is 20.9. The van der Waals surface area contributed by atoms with Crippen molar-refractivity contribution >= 4 is 17.5 Å². The van der Waals surface area contributed by atoms with E-state index < -0.39 is 0 Å². The summed E-state index contributed by atoms with van der Waals surface area (Å²) in [6.07, 6.45) is 0. The number of carbonyl (C=O) groups is 1. The highest BCUT2D eigenvalue weighted by Gasteiger charge is 2.22. The number of thioether (sulfide) groups is 1. The second kappa shape index (κ2) is 10.4. The van der Waals surface area contributed by atoms with Gasteiger partial charge in [-0.15, -0.1) is 10.2 Å². The van der Waals surface area contributed by atoms with Crippen LogP contribution in [0.25, 0.3) is 11.4 Å². The molecule has 1 aliphatic rings. The first-order valence-corrected chi connectivity index (χ1v) is 11.7. The van der Waals surface area contributed by atoms with Gasteiger partial charge in [0.2, 0.25) is 0 Å². The number of rotatable bonds is 8. The zero-order valence-electron chi connectivity index (χ0n) is 18.3. The number of hydrogen-bond acceptors (Lipinski definition) is 6. The number of nitrogens with zero attached hydrogens (tertiary/aromatic N) is 4. The Balaban J connectivity index is 1.56. The van der Waals surface area contributed by atoms with Crippen LogP contribution in [0.3, 0.4) is 0 Å². The molecule has 2 aromatic carbocycles. The number of halogens is 1. The normalized spacial score (nSPS) is 15.6. The van der Waals surface area contributed by atoms with Gasteiger partial charge < -0.3 is 9.30 Å². The summed E-state index contributed by atoms with van der Waals surface area (Å²) in [6, 6.07) is 13.9. The topological polar surface area (TPSA) is 60.2 Å². The van der Waals surface area contributed by atoms with E-state index in [1.165, 1.54) is 23.9 Å². The molecule has 0 saturated carbocycles. The Labute approximate surface area is 191 Å². The molecule has 4 rings (SSSR count). The van der Waals surface area contributed by atoms with Crippen molar-refractivity contribution in [3.8, 4) is 11.4 Å². The number of benzene rings is 2. The van der Waals surface area contributed by atoms with Crippen molar-refractivity contribution in [2.24, 2.45) is 0 Å². The number of hydrogen-bond donors (Lipinski definition) is 0. The Bertz CT molecular complexity index is 1050. The van der Waals surface area contributed by atoms with Gasteiger partial charge in [0.15, 0.2) is 16.8 Å². The molecule has 0 amide bonds. The van der Waals surface area contributed by atoms with E-state index in [0.29, 0.717) is 23.1 Å². The molecule has 0 bridgehead atoms. The third kappa shape index (κ3) is 5.43. The van der Waals surface area contributed by atoms with Crippen molar-refractivity contribution in [3.05, 3.63) is 65.5 Å². The molecule has 168 valence electrons. The molecule has 1 aliphatic heterocycles. The molecule has 0 aliphatic carbocycles. The second-order valence-electron chi connectivity index (χ2n) is 7.91. The molecule has 1 aromatic heterocycles. The van der Waals surface area contributed by atoms with Gasteiger partial charge in [-0.1, -0.05) is 41.6 Å². The minimum atomic E-state index is -0.315. The molecular formula is C24H27FN4O2S. The van der Waals surface area contributed by atoms with E-state index >= 15 is 0 Å². The Kier molecular flexibility index (Phi) is 7.34. The predicted octanol–water partition coefficient (Wildman–Crippen LogP) is 4.09. The maximum atomic E-state index is 13.4. The Morgan fingerprint density at radius 1 is 1.06 bits per heavy atom. The molecule has 1 saturated heterocycles. The maximum absolute atomic E-state index is 13.4. The highest BCUT2D eigenvalue weighted by Crippen LogP contribution is 2.28. The molecule has 0 radical (unpaired) electrons. The highest BCUT2D eigenvalue weighted by atomic mass is 32.2. The summed E-state index contributed by atoms with van der Waals surface area (Å²) in [5, 5.41) is 9.16. The van der Waals surface area contributed by atoms with Gasteiger partial charge in [0.1, 0.15) is 5.82 Å². The quantitative estimate of drug-likeness (QED) is 0.377. The minimum absolute atomic E-state index is 0.0565. The molecule has 2 heterocycles. The second-order valence-corrected chi connectivity index (χ2v) is 9.22. The van der Waals surface area contributed by atoms with Crippen molar-refractivity contribution in [2.75, 3.05) is 32.8 Å². The van der Waals surface area contributed by atoms with Crippen molar-refractivity contribution in [1.82, 2.24) is 19.7 Å². The van der Waals surface area contributed by atoms with E-state index in [1.807, 2.05) is 42.7 Å². The molecule has 1 fully saturated rings. The maximum Gasteiger partial charge on any atom is 0.192 e. The fourth-order valence-corrected chi connectivity index (χ4v) is 4.57. The Morgan fingerprint density at radius 3 is 2.44 bits per heavy atom. The molecule has 1 atom stereocenters. The molecule has 3 aromatic rings.